The van der Waals surface area contributed by atoms with Crippen molar-refractivity contribution in [3.8, 4) is 0 Å². The summed E-state index contributed by atoms with van der Waals surface area (Å²) in [5.41, 5.74) is 0.944. The van der Waals surface area contributed by atoms with Gasteiger partial charge >= 0.3 is 0 Å². The van der Waals surface area contributed by atoms with Gasteiger partial charge in [-0.05, 0) is 44.2 Å². The first kappa shape index (κ1) is 18.3. The fraction of sp³-hybridized carbons (Fsp3) is 0.684. The third-order valence-corrected chi connectivity index (χ3v) is 4.79. The van der Waals surface area contributed by atoms with Gasteiger partial charge in [-0.15, -0.1) is 0 Å². The van der Waals surface area contributed by atoms with Crippen molar-refractivity contribution >= 4 is 5.91 Å². The molecule has 0 saturated carbocycles. The maximum atomic E-state index is 12.2. The summed E-state index contributed by atoms with van der Waals surface area (Å²) < 4.78 is 17.1. The minimum atomic E-state index is 0.0685. The Morgan fingerprint density at radius 3 is 2.84 bits per heavy atom. The van der Waals surface area contributed by atoms with Crippen molar-refractivity contribution in [1.29, 1.82) is 0 Å². The average Bonchev–Trinajstić information content (AvgIpc) is 2.68. The van der Waals surface area contributed by atoms with E-state index in [1.807, 2.05) is 23.1 Å². The lowest BCUT2D eigenvalue weighted by Gasteiger charge is -2.32. The third kappa shape index (κ3) is 6.06. The van der Waals surface area contributed by atoms with Gasteiger partial charge in [0.05, 0.1) is 31.1 Å². The van der Waals surface area contributed by atoms with Gasteiger partial charge in [0.1, 0.15) is 6.61 Å². The van der Waals surface area contributed by atoms with E-state index in [-0.39, 0.29) is 24.7 Å². The molecule has 0 aliphatic carbocycles. The number of hydrogen-bond acceptors (Lipinski definition) is 5. The molecule has 2 aliphatic heterocycles. The molecule has 0 spiro atoms. The smallest absolute Gasteiger partial charge is 0.248 e. The van der Waals surface area contributed by atoms with Crippen LogP contribution in [0.2, 0.25) is 0 Å². The molecule has 1 aromatic heterocycles. The number of nitrogens with zero attached hydrogens (tertiary/aromatic N) is 2. The average molecular weight is 348 g/mol. The highest BCUT2D eigenvalue weighted by molar-refractivity contribution is 5.77. The maximum Gasteiger partial charge on any atom is 0.248 e. The Kier molecular flexibility index (Phi) is 7.21. The van der Waals surface area contributed by atoms with E-state index in [0.717, 1.165) is 51.1 Å². The Balaban J connectivity index is 1.29. The molecular formula is C19H28N2O4. The number of amides is 1. The van der Waals surface area contributed by atoms with E-state index in [9.17, 15) is 4.79 Å². The zero-order valence-electron chi connectivity index (χ0n) is 14.8. The van der Waals surface area contributed by atoms with E-state index < -0.39 is 0 Å². The van der Waals surface area contributed by atoms with Crippen molar-refractivity contribution in [2.45, 2.75) is 50.9 Å². The molecule has 0 aromatic carbocycles. The Hall–Kier alpha value is -1.50. The molecule has 2 aliphatic rings. The maximum absolute atomic E-state index is 12.2. The number of ether oxygens (including phenoxy) is 3. The van der Waals surface area contributed by atoms with Crippen molar-refractivity contribution in [3.05, 3.63) is 30.1 Å². The van der Waals surface area contributed by atoms with Crippen LogP contribution in [0.15, 0.2) is 24.4 Å². The van der Waals surface area contributed by atoms with E-state index in [4.69, 9.17) is 14.2 Å². The zero-order chi connectivity index (χ0) is 17.3. The molecule has 6 heteroatoms. The predicted octanol–water partition coefficient (Wildman–Crippen LogP) is 2.17. The highest BCUT2D eigenvalue weighted by atomic mass is 16.5. The normalized spacial score (nSPS) is 22.1. The fourth-order valence-electron chi connectivity index (χ4n) is 3.27. The van der Waals surface area contributed by atoms with E-state index >= 15 is 0 Å². The molecule has 0 bridgehead atoms. The van der Waals surface area contributed by atoms with Crippen molar-refractivity contribution in [2.75, 3.05) is 32.9 Å². The van der Waals surface area contributed by atoms with Crippen LogP contribution < -0.4 is 0 Å². The number of carbonyl (C=O) groups is 1. The Morgan fingerprint density at radius 2 is 2.12 bits per heavy atom. The van der Waals surface area contributed by atoms with Crippen LogP contribution in [-0.4, -0.2) is 60.9 Å². The first-order valence-corrected chi connectivity index (χ1v) is 9.30. The molecule has 25 heavy (non-hydrogen) atoms. The van der Waals surface area contributed by atoms with Gasteiger partial charge in [0, 0.05) is 25.9 Å². The van der Waals surface area contributed by atoms with Gasteiger partial charge in [0.15, 0.2) is 0 Å². The van der Waals surface area contributed by atoms with Crippen LogP contribution in [0.3, 0.4) is 0 Å². The minimum Gasteiger partial charge on any atom is -0.376 e. The van der Waals surface area contributed by atoms with Crippen molar-refractivity contribution in [2.24, 2.45) is 0 Å². The molecule has 138 valence electrons. The molecular weight excluding hydrogens is 320 g/mol. The molecule has 3 heterocycles. The van der Waals surface area contributed by atoms with E-state index in [0.29, 0.717) is 13.2 Å². The Labute approximate surface area is 149 Å². The Bertz CT molecular complexity index is 511. The van der Waals surface area contributed by atoms with Crippen LogP contribution in [0.5, 0.6) is 0 Å². The topological polar surface area (TPSA) is 60.9 Å². The van der Waals surface area contributed by atoms with Crippen LogP contribution in [0.4, 0.5) is 0 Å². The number of piperidine rings is 1. The van der Waals surface area contributed by atoms with Gasteiger partial charge in [-0.2, -0.15) is 0 Å². The summed E-state index contributed by atoms with van der Waals surface area (Å²) in [5, 5.41) is 0. The Morgan fingerprint density at radius 1 is 1.24 bits per heavy atom. The van der Waals surface area contributed by atoms with Gasteiger partial charge in [0.2, 0.25) is 5.91 Å². The third-order valence-electron chi connectivity index (χ3n) is 4.79. The molecule has 1 amide bonds. The van der Waals surface area contributed by atoms with Crippen LogP contribution in [0, 0.1) is 0 Å². The number of hydrogen-bond donors (Lipinski definition) is 0. The van der Waals surface area contributed by atoms with E-state index in [1.54, 1.807) is 6.20 Å². The number of pyridine rings is 1. The first-order valence-electron chi connectivity index (χ1n) is 9.30. The lowest BCUT2D eigenvalue weighted by Crippen LogP contribution is -2.42. The first-order chi connectivity index (χ1) is 12.3. The molecule has 3 rings (SSSR count). The quantitative estimate of drug-likeness (QED) is 0.756. The van der Waals surface area contributed by atoms with E-state index in [2.05, 4.69) is 4.98 Å². The monoisotopic (exact) mass is 348 g/mol. The fourth-order valence-corrected chi connectivity index (χ4v) is 3.27. The molecule has 0 N–H and O–H groups in total. The molecule has 1 unspecified atom stereocenters. The number of carbonyl (C=O) groups excluding carboxylic acids is 1. The summed E-state index contributed by atoms with van der Waals surface area (Å²) in [6.07, 6.45) is 7.22. The summed E-state index contributed by atoms with van der Waals surface area (Å²) >= 11 is 0. The molecule has 2 fully saturated rings. The highest BCUT2D eigenvalue weighted by Gasteiger charge is 2.23. The standard InChI is InChI=1S/C19H28N2O4/c22-19(15-23-14-18-6-2-4-12-24-18)21-10-7-17(8-11-21)25-13-16-5-1-3-9-20-16/h1,3,5,9,17-18H,2,4,6-8,10-15H2. The van der Waals surface area contributed by atoms with E-state index in [1.165, 1.54) is 6.42 Å². The van der Waals surface area contributed by atoms with Gasteiger partial charge in [-0.3, -0.25) is 9.78 Å². The van der Waals surface area contributed by atoms with Crippen LogP contribution in [-0.2, 0) is 25.6 Å². The van der Waals surface area contributed by atoms with Gasteiger partial charge in [-0.1, -0.05) is 6.07 Å². The number of rotatable bonds is 7. The lowest BCUT2D eigenvalue weighted by atomic mass is 10.1. The van der Waals surface area contributed by atoms with Crippen molar-refractivity contribution in [3.63, 3.8) is 0 Å². The van der Waals surface area contributed by atoms with Gasteiger partial charge in [-0.25, -0.2) is 0 Å². The van der Waals surface area contributed by atoms with Crippen LogP contribution >= 0.6 is 0 Å². The van der Waals surface area contributed by atoms with Crippen LogP contribution in [0.25, 0.3) is 0 Å². The minimum absolute atomic E-state index is 0.0685. The van der Waals surface area contributed by atoms with Crippen molar-refractivity contribution < 1.29 is 19.0 Å². The molecule has 1 aromatic rings. The van der Waals surface area contributed by atoms with Crippen LogP contribution in [0.1, 0.15) is 37.8 Å². The second kappa shape index (κ2) is 9.85. The molecule has 6 nitrogen and oxygen atoms in total. The lowest BCUT2D eigenvalue weighted by molar-refractivity contribution is -0.141. The summed E-state index contributed by atoms with van der Waals surface area (Å²) in [6.45, 7) is 3.48. The summed E-state index contributed by atoms with van der Waals surface area (Å²) in [4.78, 5) is 18.4. The predicted molar refractivity (Wildman–Crippen MR) is 93.0 cm³/mol. The second-order valence-corrected chi connectivity index (χ2v) is 6.72. The number of aromatic nitrogens is 1. The summed E-state index contributed by atoms with van der Waals surface area (Å²) in [6, 6.07) is 5.83. The highest BCUT2D eigenvalue weighted by Crippen LogP contribution is 2.16. The molecule has 2 saturated heterocycles. The second-order valence-electron chi connectivity index (χ2n) is 6.72. The zero-order valence-corrected chi connectivity index (χ0v) is 14.8. The largest absolute Gasteiger partial charge is 0.376 e. The van der Waals surface area contributed by atoms with Gasteiger partial charge < -0.3 is 19.1 Å². The summed E-state index contributed by atoms with van der Waals surface area (Å²) in [7, 11) is 0. The molecule has 1 atom stereocenters. The van der Waals surface area contributed by atoms with Crippen molar-refractivity contribution in [1.82, 2.24) is 9.88 Å². The molecule has 0 radical (unpaired) electrons. The SMILES string of the molecule is O=C(COCC1CCCCO1)N1CCC(OCc2ccccn2)CC1. The summed E-state index contributed by atoms with van der Waals surface area (Å²) in [5.74, 6) is 0.0685. The van der Waals surface area contributed by atoms with Gasteiger partial charge in [0.25, 0.3) is 0 Å². The number of likely N-dealkylation sites (tertiary alicyclic amines) is 1.